The number of aromatic nitrogens is 1. The second-order valence-corrected chi connectivity index (χ2v) is 7.82. The van der Waals surface area contributed by atoms with E-state index in [1.165, 1.54) is 66.9 Å². The normalized spacial score (nSPS) is 17.3. The Morgan fingerprint density at radius 3 is 2.57 bits per heavy atom. The third-order valence-electron chi connectivity index (χ3n) is 4.86. The summed E-state index contributed by atoms with van der Waals surface area (Å²) in [5.74, 6) is 1.20. The third-order valence-corrected chi connectivity index (χ3v) is 6.11. The molecule has 1 heterocycles. The predicted molar refractivity (Wildman–Crippen MR) is 103 cm³/mol. The number of nitrogens with zero attached hydrogens (tertiary/aromatic N) is 1. The highest BCUT2D eigenvalue weighted by atomic mass is 32.2. The monoisotopic (exact) mass is 330 g/mol. The molecular formula is C20H30N2S. The summed E-state index contributed by atoms with van der Waals surface area (Å²) < 4.78 is 0. The fourth-order valence-corrected chi connectivity index (χ4v) is 4.89. The van der Waals surface area contributed by atoms with Crippen LogP contribution >= 0.6 is 11.8 Å². The van der Waals surface area contributed by atoms with Crippen molar-refractivity contribution in [3.63, 3.8) is 0 Å². The Hall–Kier alpha value is -0.930. The number of hydrogen-bond donors (Lipinski definition) is 1. The molecule has 1 aliphatic carbocycles. The van der Waals surface area contributed by atoms with Crippen molar-refractivity contribution < 1.29 is 0 Å². The van der Waals surface area contributed by atoms with Gasteiger partial charge in [-0.1, -0.05) is 32.9 Å². The summed E-state index contributed by atoms with van der Waals surface area (Å²) in [6.45, 7) is 9.32. The van der Waals surface area contributed by atoms with Crippen molar-refractivity contribution >= 4 is 22.7 Å². The van der Waals surface area contributed by atoms with Gasteiger partial charge in [-0.05, 0) is 68.1 Å². The smallest absolute Gasteiger partial charge is 0.0765 e. The molecule has 1 atom stereocenters. The molecule has 1 aromatic carbocycles. The Labute approximate surface area is 145 Å². The maximum atomic E-state index is 3.70. The van der Waals surface area contributed by atoms with E-state index in [0.29, 0.717) is 6.04 Å². The Morgan fingerprint density at radius 1 is 1.09 bits per heavy atom. The molecule has 0 radical (unpaired) electrons. The van der Waals surface area contributed by atoms with E-state index in [-0.39, 0.29) is 0 Å². The third kappa shape index (κ3) is 3.46. The van der Waals surface area contributed by atoms with Crippen LogP contribution in [0.5, 0.6) is 0 Å². The molecule has 0 aliphatic heterocycles. The second kappa shape index (κ2) is 7.76. The topological polar surface area (TPSA) is 19.0 Å². The maximum absolute atomic E-state index is 3.70. The van der Waals surface area contributed by atoms with Crippen LogP contribution in [0.2, 0.25) is 0 Å². The van der Waals surface area contributed by atoms with Crippen LogP contribution in [0.4, 0.5) is 0 Å². The van der Waals surface area contributed by atoms with E-state index in [1.54, 1.807) is 11.1 Å². The summed E-state index contributed by atoms with van der Waals surface area (Å²) in [5.41, 5.74) is 4.47. The van der Waals surface area contributed by atoms with Gasteiger partial charge in [-0.25, -0.2) is 0 Å². The van der Waals surface area contributed by atoms with Crippen LogP contribution in [0, 0.1) is 0 Å². The summed E-state index contributed by atoms with van der Waals surface area (Å²) in [7, 11) is 0. The summed E-state index contributed by atoms with van der Waals surface area (Å²) >= 11 is 2.01. The Bertz CT molecular complexity index is 640. The first-order chi connectivity index (χ1) is 11.3. The van der Waals surface area contributed by atoms with Crippen molar-refractivity contribution in [2.75, 3.05) is 18.8 Å². The molecule has 23 heavy (non-hydrogen) atoms. The number of thioether (sulfide) groups is 1. The first-order valence-corrected chi connectivity index (χ1v) is 10.3. The van der Waals surface area contributed by atoms with Gasteiger partial charge in [0, 0.05) is 16.9 Å². The van der Waals surface area contributed by atoms with Crippen molar-refractivity contribution in [2.24, 2.45) is 0 Å². The zero-order chi connectivity index (χ0) is 16.2. The van der Waals surface area contributed by atoms with Gasteiger partial charge in [-0.3, -0.25) is 4.90 Å². The number of hydrogen-bond acceptors (Lipinski definition) is 2. The molecule has 126 valence electrons. The molecule has 1 N–H and O–H groups in total. The minimum atomic E-state index is 0.671. The standard InChI is InChI=1S/C20H30N2S/c1-4-10-22(11-5-2)16-13-15-8-7-9-18-19(15)17(14-16)20(21-18)23-12-6-3/h7-9,16,21H,4-6,10-14H2,1-3H3. The van der Waals surface area contributed by atoms with Gasteiger partial charge >= 0.3 is 0 Å². The fraction of sp³-hybridized carbons (Fsp3) is 0.600. The molecule has 0 bridgehead atoms. The Morgan fingerprint density at radius 2 is 1.87 bits per heavy atom. The van der Waals surface area contributed by atoms with Gasteiger partial charge in [-0.2, -0.15) is 0 Å². The van der Waals surface area contributed by atoms with E-state index < -0.39 is 0 Å². The summed E-state index contributed by atoms with van der Waals surface area (Å²) in [4.78, 5) is 6.42. The molecule has 0 saturated heterocycles. The SMILES string of the molecule is CCCSc1[nH]c2cccc3c2c1CC(N(CCC)CCC)C3. The predicted octanol–water partition coefficient (Wildman–Crippen LogP) is 5.26. The molecule has 0 saturated carbocycles. The van der Waals surface area contributed by atoms with Crippen molar-refractivity contribution in [2.45, 2.75) is 63.9 Å². The summed E-state index contributed by atoms with van der Waals surface area (Å²) in [5, 5.41) is 2.95. The van der Waals surface area contributed by atoms with Crippen LogP contribution in [0.1, 0.15) is 51.2 Å². The minimum Gasteiger partial charge on any atom is -0.349 e. The van der Waals surface area contributed by atoms with Gasteiger partial charge in [-0.15, -0.1) is 11.8 Å². The molecule has 3 rings (SSSR count). The van der Waals surface area contributed by atoms with Crippen molar-refractivity contribution in [1.29, 1.82) is 0 Å². The molecule has 0 spiro atoms. The van der Waals surface area contributed by atoms with Crippen molar-refractivity contribution in [1.82, 2.24) is 9.88 Å². The number of nitrogens with one attached hydrogen (secondary N) is 1. The number of H-pyrrole nitrogens is 1. The molecular weight excluding hydrogens is 300 g/mol. The van der Waals surface area contributed by atoms with Crippen LogP contribution in [-0.2, 0) is 12.8 Å². The highest BCUT2D eigenvalue weighted by molar-refractivity contribution is 7.99. The van der Waals surface area contributed by atoms with E-state index in [0.717, 1.165) is 0 Å². The van der Waals surface area contributed by atoms with E-state index in [9.17, 15) is 0 Å². The van der Waals surface area contributed by atoms with Gasteiger partial charge in [0.25, 0.3) is 0 Å². The van der Waals surface area contributed by atoms with E-state index in [4.69, 9.17) is 0 Å². The lowest BCUT2D eigenvalue weighted by Crippen LogP contribution is -2.41. The second-order valence-electron chi connectivity index (χ2n) is 6.72. The number of benzene rings is 1. The van der Waals surface area contributed by atoms with Crippen molar-refractivity contribution in [3.05, 3.63) is 29.3 Å². The Kier molecular flexibility index (Phi) is 5.71. The highest BCUT2D eigenvalue weighted by Crippen LogP contribution is 2.38. The largest absolute Gasteiger partial charge is 0.349 e. The summed E-state index contributed by atoms with van der Waals surface area (Å²) in [6, 6.07) is 7.48. The van der Waals surface area contributed by atoms with Crippen LogP contribution in [-0.4, -0.2) is 34.8 Å². The lowest BCUT2D eigenvalue weighted by Gasteiger charge is -2.34. The van der Waals surface area contributed by atoms with Gasteiger partial charge in [0.15, 0.2) is 0 Å². The van der Waals surface area contributed by atoms with Gasteiger partial charge in [0.1, 0.15) is 0 Å². The molecule has 2 nitrogen and oxygen atoms in total. The molecule has 3 heteroatoms. The average molecular weight is 331 g/mol. The van der Waals surface area contributed by atoms with Gasteiger partial charge in [0.2, 0.25) is 0 Å². The van der Waals surface area contributed by atoms with Crippen molar-refractivity contribution in [3.8, 4) is 0 Å². The molecule has 1 aliphatic rings. The molecule has 0 amide bonds. The Balaban J connectivity index is 1.94. The van der Waals surface area contributed by atoms with Gasteiger partial charge in [0.05, 0.1) is 5.03 Å². The maximum Gasteiger partial charge on any atom is 0.0765 e. The molecule has 2 aromatic rings. The average Bonchev–Trinajstić information content (AvgIpc) is 2.92. The minimum absolute atomic E-state index is 0.671. The summed E-state index contributed by atoms with van der Waals surface area (Å²) in [6.07, 6.45) is 6.15. The van der Waals surface area contributed by atoms with E-state index >= 15 is 0 Å². The lowest BCUT2D eigenvalue weighted by molar-refractivity contribution is 0.191. The van der Waals surface area contributed by atoms with Gasteiger partial charge < -0.3 is 4.98 Å². The molecule has 1 unspecified atom stereocenters. The molecule has 0 fully saturated rings. The lowest BCUT2D eigenvalue weighted by atomic mass is 9.88. The zero-order valence-electron chi connectivity index (χ0n) is 14.8. The first-order valence-electron chi connectivity index (χ1n) is 9.27. The van der Waals surface area contributed by atoms with E-state index in [2.05, 4.69) is 48.9 Å². The zero-order valence-corrected chi connectivity index (χ0v) is 15.6. The van der Waals surface area contributed by atoms with Crippen LogP contribution < -0.4 is 0 Å². The molecule has 1 aromatic heterocycles. The number of aromatic amines is 1. The first kappa shape index (κ1) is 16.9. The quantitative estimate of drug-likeness (QED) is 0.666. The number of rotatable bonds is 8. The van der Waals surface area contributed by atoms with Crippen LogP contribution in [0.15, 0.2) is 23.2 Å². The van der Waals surface area contributed by atoms with Crippen LogP contribution in [0.25, 0.3) is 10.9 Å². The van der Waals surface area contributed by atoms with Crippen LogP contribution in [0.3, 0.4) is 0 Å². The fourth-order valence-electron chi connectivity index (χ4n) is 3.94. The highest BCUT2D eigenvalue weighted by Gasteiger charge is 2.28. The van der Waals surface area contributed by atoms with E-state index in [1.807, 2.05) is 11.8 Å².